The van der Waals surface area contributed by atoms with Crippen LogP contribution >= 0.6 is 11.3 Å². The lowest BCUT2D eigenvalue weighted by Gasteiger charge is -2.18. The Kier molecular flexibility index (Phi) is 3.76. The van der Waals surface area contributed by atoms with Crippen LogP contribution < -0.4 is 4.90 Å². The first kappa shape index (κ1) is 12.1. The summed E-state index contributed by atoms with van der Waals surface area (Å²) >= 11 is 1.75. The number of aliphatic hydroxyl groups excluding tert-OH is 1. The van der Waals surface area contributed by atoms with Gasteiger partial charge in [0.05, 0.1) is 30.2 Å². The van der Waals surface area contributed by atoms with Crippen molar-refractivity contribution in [1.82, 2.24) is 4.98 Å². The quantitative estimate of drug-likeness (QED) is 0.904. The van der Waals surface area contributed by atoms with E-state index in [1.807, 2.05) is 19.2 Å². The van der Waals surface area contributed by atoms with Crippen LogP contribution in [0.4, 0.5) is 5.69 Å². The summed E-state index contributed by atoms with van der Waals surface area (Å²) in [5.41, 5.74) is 1.76. The van der Waals surface area contributed by atoms with Gasteiger partial charge in [-0.1, -0.05) is 6.07 Å². The molecular formula is C13H16N2OS. The topological polar surface area (TPSA) is 36.4 Å². The predicted octanol–water partition coefficient (Wildman–Crippen LogP) is 2.83. The highest BCUT2D eigenvalue weighted by Crippen LogP contribution is 2.18. The van der Waals surface area contributed by atoms with Gasteiger partial charge in [0, 0.05) is 11.9 Å². The van der Waals surface area contributed by atoms with Crippen molar-refractivity contribution in [3.05, 3.63) is 46.4 Å². The maximum atomic E-state index is 9.39. The molecule has 2 heterocycles. The molecule has 0 bridgehead atoms. The number of hydrogen-bond donors (Lipinski definition) is 1. The van der Waals surface area contributed by atoms with Gasteiger partial charge in [-0.15, -0.1) is 11.3 Å². The lowest BCUT2D eigenvalue weighted by atomic mass is 10.2. The van der Waals surface area contributed by atoms with Crippen LogP contribution in [-0.2, 0) is 6.54 Å². The van der Waals surface area contributed by atoms with Gasteiger partial charge in [0.25, 0.3) is 0 Å². The van der Waals surface area contributed by atoms with Crippen LogP contribution in [0, 0.1) is 0 Å². The van der Waals surface area contributed by atoms with Gasteiger partial charge < -0.3 is 10.0 Å². The molecule has 0 fully saturated rings. The zero-order valence-corrected chi connectivity index (χ0v) is 10.8. The number of thiophene rings is 1. The molecule has 1 N–H and O–H groups in total. The predicted molar refractivity (Wildman–Crippen MR) is 71.3 cm³/mol. The molecule has 0 spiro atoms. The van der Waals surface area contributed by atoms with Crippen molar-refractivity contribution < 1.29 is 5.11 Å². The molecule has 90 valence electrons. The van der Waals surface area contributed by atoms with E-state index in [-0.39, 0.29) is 0 Å². The first-order chi connectivity index (χ1) is 8.16. The normalized spacial score (nSPS) is 12.4. The minimum Gasteiger partial charge on any atom is -0.387 e. The zero-order valence-electron chi connectivity index (χ0n) is 10.00. The van der Waals surface area contributed by atoms with Crippen molar-refractivity contribution in [3.8, 4) is 0 Å². The Morgan fingerprint density at radius 2 is 2.24 bits per heavy atom. The van der Waals surface area contributed by atoms with Gasteiger partial charge in [-0.25, -0.2) is 0 Å². The largest absolute Gasteiger partial charge is 0.387 e. The second-order valence-corrected chi connectivity index (χ2v) is 5.08. The summed E-state index contributed by atoms with van der Waals surface area (Å²) in [4.78, 5) is 7.71. The summed E-state index contributed by atoms with van der Waals surface area (Å²) < 4.78 is 0. The highest BCUT2D eigenvalue weighted by Gasteiger charge is 2.05. The average Bonchev–Trinajstić information content (AvgIpc) is 2.82. The molecule has 3 nitrogen and oxygen atoms in total. The van der Waals surface area contributed by atoms with E-state index in [1.165, 1.54) is 4.88 Å². The van der Waals surface area contributed by atoms with E-state index in [9.17, 15) is 5.11 Å². The van der Waals surface area contributed by atoms with Crippen molar-refractivity contribution >= 4 is 17.0 Å². The van der Waals surface area contributed by atoms with Crippen molar-refractivity contribution in [3.63, 3.8) is 0 Å². The Balaban J connectivity index is 2.06. The number of hydrogen-bond acceptors (Lipinski definition) is 4. The molecule has 2 aromatic rings. The van der Waals surface area contributed by atoms with Gasteiger partial charge in [0.1, 0.15) is 0 Å². The third kappa shape index (κ3) is 3.05. The Labute approximate surface area is 105 Å². The van der Waals surface area contributed by atoms with E-state index in [4.69, 9.17) is 0 Å². The summed E-state index contributed by atoms with van der Waals surface area (Å²) in [7, 11) is 2.04. The smallest absolute Gasteiger partial charge is 0.0931 e. The van der Waals surface area contributed by atoms with Crippen LogP contribution in [0.15, 0.2) is 35.8 Å². The Bertz CT molecular complexity index is 451. The van der Waals surface area contributed by atoms with Gasteiger partial charge in [0.15, 0.2) is 0 Å². The summed E-state index contributed by atoms with van der Waals surface area (Å²) in [6.07, 6.45) is 1.29. The second-order valence-electron chi connectivity index (χ2n) is 4.05. The maximum Gasteiger partial charge on any atom is 0.0931 e. The molecule has 0 aliphatic carbocycles. The molecule has 0 saturated carbocycles. The summed E-state index contributed by atoms with van der Waals surface area (Å²) in [5.74, 6) is 0. The van der Waals surface area contributed by atoms with Crippen molar-refractivity contribution in [2.24, 2.45) is 0 Å². The Hall–Kier alpha value is -1.39. The summed E-state index contributed by atoms with van der Waals surface area (Å²) in [6, 6.07) is 8.04. The first-order valence-corrected chi connectivity index (χ1v) is 6.42. The molecule has 0 aliphatic rings. The number of nitrogens with zero attached hydrogens (tertiary/aromatic N) is 2. The van der Waals surface area contributed by atoms with Crippen LogP contribution in [0.3, 0.4) is 0 Å². The molecule has 0 radical (unpaired) electrons. The fourth-order valence-electron chi connectivity index (χ4n) is 1.60. The van der Waals surface area contributed by atoms with E-state index in [0.717, 1.165) is 12.2 Å². The van der Waals surface area contributed by atoms with Crippen molar-refractivity contribution in [1.29, 1.82) is 0 Å². The van der Waals surface area contributed by atoms with Crippen LogP contribution in [0.2, 0.25) is 0 Å². The van der Waals surface area contributed by atoms with E-state index in [2.05, 4.69) is 27.4 Å². The van der Waals surface area contributed by atoms with Gasteiger partial charge >= 0.3 is 0 Å². The lowest BCUT2D eigenvalue weighted by Crippen LogP contribution is -2.15. The third-order valence-corrected chi connectivity index (χ3v) is 3.47. The second kappa shape index (κ2) is 5.29. The van der Waals surface area contributed by atoms with Gasteiger partial charge in [-0.2, -0.15) is 0 Å². The van der Waals surface area contributed by atoms with Gasteiger partial charge in [0.2, 0.25) is 0 Å². The molecule has 1 atom stereocenters. The number of anilines is 1. The third-order valence-electron chi connectivity index (χ3n) is 2.61. The molecule has 0 aromatic carbocycles. The highest BCUT2D eigenvalue weighted by molar-refractivity contribution is 7.09. The molecule has 17 heavy (non-hydrogen) atoms. The maximum absolute atomic E-state index is 9.39. The number of aliphatic hydroxyl groups is 1. The molecule has 4 heteroatoms. The molecule has 0 unspecified atom stereocenters. The number of pyridine rings is 1. The molecule has 2 aromatic heterocycles. The monoisotopic (exact) mass is 248 g/mol. The number of rotatable bonds is 4. The van der Waals surface area contributed by atoms with E-state index < -0.39 is 6.10 Å². The standard InChI is InChI=1S/C13H16N2OS/c1-10(16)13-6-5-11(8-14-13)15(2)9-12-4-3-7-17-12/h3-8,10,16H,9H2,1-2H3/t10-/m0/s1. The zero-order chi connectivity index (χ0) is 12.3. The summed E-state index contributed by atoms with van der Waals surface area (Å²) in [6.45, 7) is 2.60. The molecule has 0 aliphatic heterocycles. The van der Waals surface area contributed by atoms with Crippen molar-refractivity contribution in [2.75, 3.05) is 11.9 Å². The Morgan fingerprint density at radius 3 is 2.76 bits per heavy atom. The summed E-state index contributed by atoms with van der Waals surface area (Å²) in [5, 5.41) is 11.5. The molecule has 0 amide bonds. The van der Waals surface area contributed by atoms with Crippen LogP contribution in [0.5, 0.6) is 0 Å². The fraction of sp³-hybridized carbons (Fsp3) is 0.308. The highest BCUT2D eigenvalue weighted by atomic mass is 32.1. The molecule has 0 saturated heterocycles. The lowest BCUT2D eigenvalue weighted by molar-refractivity contribution is 0.194. The van der Waals surface area contributed by atoms with E-state index in [0.29, 0.717) is 5.69 Å². The minimum absolute atomic E-state index is 0.508. The Morgan fingerprint density at radius 1 is 1.41 bits per heavy atom. The van der Waals surface area contributed by atoms with Crippen LogP contribution in [0.25, 0.3) is 0 Å². The molecule has 2 rings (SSSR count). The fourth-order valence-corrected chi connectivity index (χ4v) is 2.36. The van der Waals surface area contributed by atoms with E-state index in [1.54, 1.807) is 24.5 Å². The van der Waals surface area contributed by atoms with Crippen LogP contribution in [-0.4, -0.2) is 17.1 Å². The SMILES string of the molecule is C[C@H](O)c1ccc(N(C)Cc2cccs2)cn1. The first-order valence-electron chi connectivity index (χ1n) is 5.54. The van der Waals surface area contributed by atoms with Crippen LogP contribution in [0.1, 0.15) is 23.6 Å². The van der Waals surface area contributed by atoms with E-state index >= 15 is 0 Å². The average molecular weight is 248 g/mol. The van der Waals surface area contributed by atoms with Crippen molar-refractivity contribution in [2.45, 2.75) is 19.6 Å². The molecular weight excluding hydrogens is 232 g/mol. The minimum atomic E-state index is -0.508. The number of aromatic nitrogens is 1. The van der Waals surface area contributed by atoms with Gasteiger partial charge in [-0.05, 0) is 30.5 Å². The van der Waals surface area contributed by atoms with Gasteiger partial charge in [-0.3, -0.25) is 4.98 Å².